The Hall–Kier alpha value is -1.89. The number of fused-ring (bicyclic) bond motifs is 1. The second-order valence-electron chi connectivity index (χ2n) is 10.5. The predicted octanol–water partition coefficient (Wildman–Crippen LogP) is 4.21. The second kappa shape index (κ2) is 11.5. The van der Waals surface area contributed by atoms with Crippen molar-refractivity contribution >= 4 is 17.9 Å². The highest BCUT2D eigenvalue weighted by molar-refractivity contribution is 5.66. The lowest BCUT2D eigenvalue weighted by molar-refractivity contribution is -0.146. The molecule has 6 atom stereocenters. The number of hydrogen-bond acceptors (Lipinski definition) is 7. The first kappa shape index (κ1) is 27.4. The zero-order chi connectivity index (χ0) is 24.8. The topological polar surface area (TPSA) is 99.1 Å². The van der Waals surface area contributed by atoms with Gasteiger partial charge in [-0.1, -0.05) is 26.8 Å². The van der Waals surface area contributed by atoms with Crippen molar-refractivity contribution in [1.29, 1.82) is 0 Å². The summed E-state index contributed by atoms with van der Waals surface area (Å²) in [6.45, 7) is 11.7. The van der Waals surface area contributed by atoms with Crippen molar-refractivity contribution in [3.8, 4) is 0 Å². The van der Waals surface area contributed by atoms with E-state index in [0.717, 1.165) is 31.3 Å². The summed E-state index contributed by atoms with van der Waals surface area (Å²) in [5, 5.41) is 11.1. The first-order chi connectivity index (χ1) is 15.4. The Morgan fingerprint density at radius 2 is 1.70 bits per heavy atom. The van der Waals surface area contributed by atoms with Crippen LogP contribution in [0.1, 0.15) is 80.1 Å². The first-order valence-electron chi connectivity index (χ1n) is 12.2. The van der Waals surface area contributed by atoms with Crippen molar-refractivity contribution in [1.82, 2.24) is 0 Å². The summed E-state index contributed by atoms with van der Waals surface area (Å²) in [4.78, 5) is 34.0. The van der Waals surface area contributed by atoms with Gasteiger partial charge in [0.15, 0.2) is 0 Å². The van der Waals surface area contributed by atoms with Crippen LogP contribution in [0, 0.1) is 28.6 Å². The maximum absolute atomic E-state index is 11.4. The molecule has 0 amide bonds. The summed E-state index contributed by atoms with van der Waals surface area (Å²) in [5.74, 6) is -0.423. The Morgan fingerprint density at radius 1 is 1.06 bits per heavy atom. The highest BCUT2D eigenvalue weighted by Crippen LogP contribution is 2.62. The number of aliphatic hydroxyl groups excluding tert-OH is 1. The lowest BCUT2D eigenvalue weighted by Crippen LogP contribution is -2.55. The van der Waals surface area contributed by atoms with Crippen molar-refractivity contribution in [2.24, 2.45) is 28.6 Å². The minimum Gasteiger partial charge on any atom is -0.466 e. The van der Waals surface area contributed by atoms with Crippen LogP contribution in [0.2, 0.25) is 0 Å². The van der Waals surface area contributed by atoms with E-state index in [4.69, 9.17) is 14.2 Å². The minimum atomic E-state index is -0.456. The number of esters is 3. The molecule has 2 rings (SSSR count). The highest BCUT2D eigenvalue weighted by Gasteiger charge is 2.56. The molecule has 0 aromatic heterocycles. The molecule has 0 spiro atoms. The van der Waals surface area contributed by atoms with Crippen LogP contribution in [0.4, 0.5) is 0 Å². The average molecular weight is 467 g/mol. The van der Waals surface area contributed by atoms with Gasteiger partial charge in [-0.05, 0) is 72.7 Å². The van der Waals surface area contributed by atoms with Gasteiger partial charge in [-0.25, -0.2) is 0 Å². The molecule has 0 aromatic carbocycles. The van der Waals surface area contributed by atoms with Crippen molar-refractivity contribution < 1.29 is 33.7 Å². The third-order valence-electron chi connectivity index (χ3n) is 8.27. The number of rotatable bonds is 10. The molecule has 0 bridgehead atoms. The van der Waals surface area contributed by atoms with E-state index in [9.17, 15) is 19.5 Å². The molecule has 0 aromatic rings. The van der Waals surface area contributed by atoms with Crippen LogP contribution >= 0.6 is 0 Å². The van der Waals surface area contributed by atoms with Crippen LogP contribution in [-0.4, -0.2) is 48.9 Å². The van der Waals surface area contributed by atoms with E-state index in [1.807, 2.05) is 0 Å². The molecule has 0 unspecified atom stereocenters. The molecule has 2 aliphatic carbocycles. The van der Waals surface area contributed by atoms with E-state index < -0.39 is 6.10 Å². The van der Waals surface area contributed by atoms with Gasteiger partial charge < -0.3 is 19.3 Å². The largest absolute Gasteiger partial charge is 0.466 e. The van der Waals surface area contributed by atoms with E-state index in [1.54, 1.807) is 0 Å². The van der Waals surface area contributed by atoms with Crippen molar-refractivity contribution in [3.63, 3.8) is 0 Å². The summed E-state index contributed by atoms with van der Waals surface area (Å²) in [5.41, 5.74) is 0.729. The van der Waals surface area contributed by atoms with Crippen LogP contribution in [0.5, 0.6) is 0 Å². The summed E-state index contributed by atoms with van der Waals surface area (Å²) >= 11 is 0. The number of carbonyl (C=O) groups excluding carboxylic acids is 3. The molecular weight excluding hydrogens is 424 g/mol. The molecule has 0 aliphatic heterocycles. The Balaban J connectivity index is 2.20. The van der Waals surface area contributed by atoms with E-state index in [0.29, 0.717) is 32.0 Å². The molecule has 188 valence electrons. The predicted molar refractivity (Wildman–Crippen MR) is 124 cm³/mol. The van der Waals surface area contributed by atoms with Gasteiger partial charge in [-0.3, -0.25) is 14.4 Å². The van der Waals surface area contributed by atoms with Crippen molar-refractivity contribution in [2.75, 3.05) is 19.8 Å². The average Bonchev–Trinajstić information content (AvgIpc) is 2.72. The molecule has 1 saturated carbocycles. The number of hydrogen-bond donors (Lipinski definition) is 1. The number of carbonyl (C=O) groups is 3. The fraction of sp³-hybridized carbons (Fsp3) is 0.808. The molecule has 2 aliphatic rings. The van der Waals surface area contributed by atoms with Gasteiger partial charge in [0.05, 0.1) is 19.3 Å². The third-order valence-corrected chi connectivity index (χ3v) is 8.27. The van der Waals surface area contributed by atoms with Gasteiger partial charge >= 0.3 is 17.9 Å². The molecule has 1 fully saturated rings. The molecule has 1 N–H and O–H groups in total. The molecule has 0 radical (unpaired) electrons. The minimum absolute atomic E-state index is 0.0715. The summed E-state index contributed by atoms with van der Waals surface area (Å²) in [6, 6.07) is 0. The monoisotopic (exact) mass is 466 g/mol. The maximum Gasteiger partial charge on any atom is 0.302 e. The van der Waals surface area contributed by atoms with Crippen LogP contribution in [0.3, 0.4) is 0 Å². The molecular formula is C26H42O7. The number of ether oxygens (including phenoxy) is 3. The Bertz CT molecular complexity index is 745. The quantitative estimate of drug-likeness (QED) is 0.292. The Kier molecular flexibility index (Phi) is 9.53. The molecule has 7 nitrogen and oxygen atoms in total. The molecule has 33 heavy (non-hydrogen) atoms. The fourth-order valence-electron chi connectivity index (χ4n) is 6.13. The van der Waals surface area contributed by atoms with E-state index in [2.05, 4.69) is 26.8 Å². The molecule has 7 heteroatoms. The van der Waals surface area contributed by atoms with Gasteiger partial charge in [0, 0.05) is 20.8 Å². The van der Waals surface area contributed by atoms with Crippen LogP contribution in [0.25, 0.3) is 0 Å². The highest BCUT2D eigenvalue weighted by atomic mass is 16.5. The van der Waals surface area contributed by atoms with Gasteiger partial charge in [-0.2, -0.15) is 0 Å². The van der Waals surface area contributed by atoms with Crippen LogP contribution in [0.15, 0.2) is 11.6 Å². The van der Waals surface area contributed by atoms with Crippen LogP contribution < -0.4 is 0 Å². The van der Waals surface area contributed by atoms with E-state index in [1.165, 1.54) is 20.8 Å². The van der Waals surface area contributed by atoms with Crippen LogP contribution in [-0.2, 0) is 28.6 Å². The maximum atomic E-state index is 11.4. The van der Waals surface area contributed by atoms with Gasteiger partial charge in [0.1, 0.15) is 6.61 Å². The summed E-state index contributed by atoms with van der Waals surface area (Å²) < 4.78 is 15.8. The molecule has 0 saturated heterocycles. The van der Waals surface area contributed by atoms with E-state index >= 15 is 0 Å². The van der Waals surface area contributed by atoms with Gasteiger partial charge in [0.25, 0.3) is 0 Å². The number of allylic oxidation sites excluding steroid dienone is 1. The standard InChI is InChI=1S/C26H42O7/c1-17-23(30)14-26(6)22(16-33-20(4)29)8-7-9-24(26)25(17,5)12-10-21(15-32-19(3)28)11-13-31-18(2)27/h8,17,21,23-24,30H,7,9-16H2,1-6H3/t17-,21-,23-,24-,25+,26+/m1/s1. The summed E-state index contributed by atoms with van der Waals surface area (Å²) in [7, 11) is 0. The smallest absolute Gasteiger partial charge is 0.302 e. The Labute approximate surface area is 198 Å². The zero-order valence-electron chi connectivity index (χ0n) is 21.1. The fourth-order valence-corrected chi connectivity index (χ4v) is 6.13. The number of aliphatic hydroxyl groups is 1. The lowest BCUT2D eigenvalue weighted by Gasteiger charge is -2.60. The van der Waals surface area contributed by atoms with E-state index in [-0.39, 0.29) is 47.2 Å². The van der Waals surface area contributed by atoms with Gasteiger partial charge in [0.2, 0.25) is 0 Å². The first-order valence-corrected chi connectivity index (χ1v) is 12.2. The zero-order valence-corrected chi connectivity index (χ0v) is 21.1. The van der Waals surface area contributed by atoms with Crippen molar-refractivity contribution in [3.05, 3.63) is 11.6 Å². The normalized spacial score (nSPS) is 32.2. The van der Waals surface area contributed by atoms with Crippen molar-refractivity contribution in [2.45, 2.75) is 86.2 Å². The second-order valence-corrected chi connectivity index (χ2v) is 10.5. The summed E-state index contributed by atoms with van der Waals surface area (Å²) in [6.07, 6.45) is 6.63. The lowest BCUT2D eigenvalue weighted by atomic mass is 9.46. The third kappa shape index (κ3) is 6.81. The molecule has 0 heterocycles. The SMILES string of the molecule is CC(=O)OCC[C@@H](CC[C@@]1(C)[C@H](C)[C@H](O)C[C@@]2(C)C(COC(C)=O)=CCC[C@H]12)COC(C)=O. The Morgan fingerprint density at radius 3 is 2.30 bits per heavy atom. The van der Waals surface area contributed by atoms with Gasteiger partial charge in [-0.15, -0.1) is 0 Å².